The maximum Gasteiger partial charge on any atom is 0.409 e. The zero-order chi connectivity index (χ0) is 17.6. The van der Waals surface area contributed by atoms with Crippen LogP contribution in [0.5, 0.6) is 0 Å². The van der Waals surface area contributed by atoms with Gasteiger partial charge in [-0.25, -0.2) is 9.59 Å². The summed E-state index contributed by atoms with van der Waals surface area (Å²) in [6, 6.07) is 1.05. The van der Waals surface area contributed by atoms with E-state index < -0.39 is 0 Å². The summed E-state index contributed by atoms with van der Waals surface area (Å²) in [5, 5.41) is 2.96. The summed E-state index contributed by atoms with van der Waals surface area (Å²) in [5.74, 6) is 0. The van der Waals surface area contributed by atoms with Crippen LogP contribution in [-0.2, 0) is 4.74 Å². The molecule has 3 saturated heterocycles. The molecule has 1 unspecified atom stereocenters. The molecule has 142 valence electrons. The van der Waals surface area contributed by atoms with Gasteiger partial charge in [-0.05, 0) is 45.4 Å². The summed E-state index contributed by atoms with van der Waals surface area (Å²) in [7, 11) is 0. The quantitative estimate of drug-likeness (QED) is 0.842. The topological polar surface area (TPSA) is 65.1 Å². The van der Waals surface area contributed by atoms with Crippen LogP contribution in [0.4, 0.5) is 9.59 Å². The molecule has 3 rings (SSSR count). The van der Waals surface area contributed by atoms with Crippen LogP contribution in [0.3, 0.4) is 0 Å². The van der Waals surface area contributed by atoms with E-state index in [0.717, 1.165) is 77.8 Å². The molecule has 3 fully saturated rings. The van der Waals surface area contributed by atoms with Crippen LogP contribution in [-0.4, -0.2) is 84.8 Å². The molecule has 3 heterocycles. The molecular formula is C18H32N4O3. The summed E-state index contributed by atoms with van der Waals surface area (Å²) in [6.07, 6.45) is 6.21. The minimum Gasteiger partial charge on any atom is -0.450 e. The summed E-state index contributed by atoms with van der Waals surface area (Å²) >= 11 is 0. The second-order valence-electron chi connectivity index (χ2n) is 7.32. The summed E-state index contributed by atoms with van der Waals surface area (Å²) < 4.78 is 5.14. The molecule has 0 aromatic rings. The van der Waals surface area contributed by atoms with Crippen molar-refractivity contribution >= 4 is 12.1 Å². The van der Waals surface area contributed by atoms with Gasteiger partial charge in [-0.2, -0.15) is 0 Å². The van der Waals surface area contributed by atoms with Crippen LogP contribution in [0.15, 0.2) is 0 Å². The first-order valence-electron chi connectivity index (χ1n) is 9.89. The van der Waals surface area contributed by atoms with Crippen molar-refractivity contribution in [2.45, 2.75) is 57.5 Å². The lowest BCUT2D eigenvalue weighted by molar-refractivity contribution is 0.0834. The Labute approximate surface area is 150 Å². The minimum absolute atomic E-state index is 0.115. The first kappa shape index (κ1) is 18.3. The molecular weight excluding hydrogens is 320 g/mol. The van der Waals surface area contributed by atoms with Crippen molar-refractivity contribution in [3.05, 3.63) is 0 Å². The summed E-state index contributed by atoms with van der Waals surface area (Å²) in [6.45, 7) is 7.71. The summed E-state index contributed by atoms with van der Waals surface area (Å²) in [5.41, 5.74) is 0. The highest BCUT2D eigenvalue weighted by atomic mass is 16.6. The fourth-order valence-corrected chi connectivity index (χ4v) is 4.40. The molecule has 3 aliphatic rings. The Balaban J connectivity index is 1.46. The number of rotatable bonds is 3. The zero-order valence-electron chi connectivity index (χ0n) is 15.4. The first-order chi connectivity index (χ1) is 12.2. The minimum atomic E-state index is -0.169. The summed E-state index contributed by atoms with van der Waals surface area (Å²) in [4.78, 5) is 30.4. The number of amides is 3. The Morgan fingerprint density at radius 3 is 2.52 bits per heavy atom. The van der Waals surface area contributed by atoms with Crippen molar-refractivity contribution in [1.29, 1.82) is 0 Å². The van der Waals surface area contributed by atoms with Crippen molar-refractivity contribution in [3.8, 4) is 0 Å². The maximum absolute atomic E-state index is 12.0. The highest BCUT2D eigenvalue weighted by Crippen LogP contribution is 2.24. The Morgan fingerprint density at radius 2 is 1.80 bits per heavy atom. The van der Waals surface area contributed by atoms with Gasteiger partial charge in [0, 0.05) is 51.4 Å². The van der Waals surface area contributed by atoms with E-state index in [4.69, 9.17) is 4.74 Å². The lowest BCUT2D eigenvalue weighted by Crippen LogP contribution is -2.55. The maximum atomic E-state index is 12.0. The molecule has 7 nitrogen and oxygen atoms in total. The van der Waals surface area contributed by atoms with Gasteiger partial charge in [0.15, 0.2) is 0 Å². The number of carbonyl (C=O) groups excluding carboxylic acids is 2. The second kappa shape index (κ2) is 8.74. The molecule has 0 radical (unpaired) electrons. The van der Waals surface area contributed by atoms with Gasteiger partial charge in [-0.1, -0.05) is 0 Å². The number of hydrogen-bond donors (Lipinski definition) is 1. The molecule has 0 aromatic carbocycles. The molecule has 0 spiro atoms. The Kier molecular flexibility index (Phi) is 6.39. The molecule has 3 amide bonds. The van der Waals surface area contributed by atoms with E-state index in [1.165, 1.54) is 0 Å². The average Bonchev–Trinajstić information content (AvgIpc) is 2.89. The standard InChI is InChI=1S/C18H32N4O3/c1-2-25-18(24)21-10-3-5-15(6-14-21)20-12-7-16(8-13-20)22-11-4-9-19-17(22)23/h15-16H,2-14H2,1H3,(H,19,23). The van der Waals surface area contributed by atoms with E-state index in [1.807, 2.05) is 16.7 Å². The fraction of sp³-hybridized carbons (Fsp3) is 0.889. The van der Waals surface area contributed by atoms with E-state index in [9.17, 15) is 9.59 Å². The monoisotopic (exact) mass is 352 g/mol. The smallest absolute Gasteiger partial charge is 0.409 e. The van der Waals surface area contributed by atoms with Crippen LogP contribution in [0.1, 0.15) is 45.4 Å². The fourth-order valence-electron chi connectivity index (χ4n) is 4.40. The van der Waals surface area contributed by atoms with Crippen LogP contribution in [0, 0.1) is 0 Å². The van der Waals surface area contributed by atoms with E-state index in [1.54, 1.807) is 0 Å². The van der Waals surface area contributed by atoms with E-state index in [0.29, 0.717) is 18.7 Å². The number of ether oxygens (including phenoxy) is 1. The van der Waals surface area contributed by atoms with Crippen molar-refractivity contribution in [3.63, 3.8) is 0 Å². The van der Waals surface area contributed by atoms with Gasteiger partial charge < -0.3 is 24.8 Å². The zero-order valence-corrected chi connectivity index (χ0v) is 15.4. The van der Waals surface area contributed by atoms with Gasteiger partial charge in [0.1, 0.15) is 0 Å². The van der Waals surface area contributed by atoms with Crippen molar-refractivity contribution in [1.82, 2.24) is 20.0 Å². The van der Waals surface area contributed by atoms with Crippen LogP contribution >= 0.6 is 0 Å². The molecule has 1 N–H and O–H groups in total. The van der Waals surface area contributed by atoms with Gasteiger partial charge in [-0.15, -0.1) is 0 Å². The SMILES string of the molecule is CCOC(=O)N1CCCC(N2CCC(N3CCCNC3=O)CC2)CC1. The highest BCUT2D eigenvalue weighted by molar-refractivity contribution is 5.75. The third-order valence-electron chi connectivity index (χ3n) is 5.79. The highest BCUT2D eigenvalue weighted by Gasteiger charge is 2.32. The second-order valence-corrected chi connectivity index (χ2v) is 7.32. The van der Waals surface area contributed by atoms with Crippen molar-refractivity contribution in [2.75, 3.05) is 45.9 Å². The van der Waals surface area contributed by atoms with Gasteiger partial charge in [-0.3, -0.25) is 0 Å². The van der Waals surface area contributed by atoms with Gasteiger partial charge in [0.2, 0.25) is 0 Å². The Bertz CT molecular complexity index is 465. The van der Waals surface area contributed by atoms with Crippen molar-refractivity contribution < 1.29 is 14.3 Å². The lowest BCUT2D eigenvalue weighted by Gasteiger charge is -2.42. The molecule has 25 heavy (non-hydrogen) atoms. The number of hydrogen-bond acceptors (Lipinski definition) is 4. The largest absolute Gasteiger partial charge is 0.450 e. The van der Waals surface area contributed by atoms with Crippen LogP contribution in [0.2, 0.25) is 0 Å². The molecule has 3 aliphatic heterocycles. The Morgan fingerprint density at radius 1 is 1.04 bits per heavy atom. The van der Waals surface area contributed by atoms with E-state index in [2.05, 4.69) is 10.2 Å². The first-order valence-corrected chi connectivity index (χ1v) is 9.89. The molecule has 0 saturated carbocycles. The number of piperidine rings is 1. The third-order valence-corrected chi connectivity index (χ3v) is 5.79. The third kappa shape index (κ3) is 4.57. The number of nitrogens with zero attached hydrogens (tertiary/aromatic N) is 3. The Hall–Kier alpha value is -1.50. The van der Waals surface area contributed by atoms with Gasteiger partial charge in [0.05, 0.1) is 6.61 Å². The predicted octanol–water partition coefficient (Wildman–Crippen LogP) is 1.88. The number of nitrogens with one attached hydrogen (secondary N) is 1. The molecule has 0 bridgehead atoms. The van der Waals surface area contributed by atoms with Crippen LogP contribution < -0.4 is 5.32 Å². The van der Waals surface area contributed by atoms with Gasteiger partial charge >= 0.3 is 12.1 Å². The molecule has 0 aliphatic carbocycles. The average molecular weight is 352 g/mol. The van der Waals surface area contributed by atoms with Gasteiger partial charge in [0.25, 0.3) is 0 Å². The molecule has 0 aromatic heterocycles. The van der Waals surface area contributed by atoms with E-state index in [-0.39, 0.29) is 12.1 Å². The molecule has 7 heteroatoms. The van der Waals surface area contributed by atoms with E-state index >= 15 is 0 Å². The van der Waals surface area contributed by atoms with Crippen molar-refractivity contribution in [2.24, 2.45) is 0 Å². The number of carbonyl (C=O) groups is 2. The van der Waals surface area contributed by atoms with Crippen LogP contribution in [0.25, 0.3) is 0 Å². The normalized spacial score (nSPS) is 26.9. The number of urea groups is 1. The lowest BCUT2D eigenvalue weighted by atomic mass is 9.98. The molecule has 1 atom stereocenters. The predicted molar refractivity (Wildman–Crippen MR) is 95.6 cm³/mol. The number of likely N-dealkylation sites (tertiary alicyclic amines) is 2.